The molecule has 102 valence electrons. The number of hydrogen-bond donors (Lipinski definition) is 0. The van der Waals surface area contributed by atoms with Gasteiger partial charge in [0.2, 0.25) is 0 Å². The molecule has 0 unspecified atom stereocenters. The average molecular weight is 332 g/mol. The van der Waals surface area contributed by atoms with Crippen molar-refractivity contribution in [3.05, 3.63) is 34.5 Å². The fraction of sp³-hybridized carbons (Fsp3) is 0.333. The second kappa shape index (κ2) is 4.45. The third kappa shape index (κ3) is 1.80. The first-order valence-corrected chi connectivity index (χ1v) is 7.64. The molecular weight excluding hydrogens is 318 g/mol. The lowest BCUT2D eigenvalue weighted by Gasteiger charge is -2.15. The number of aryl methyl sites for hydroxylation is 1. The van der Waals surface area contributed by atoms with Crippen molar-refractivity contribution >= 4 is 27.0 Å². The van der Waals surface area contributed by atoms with Gasteiger partial charge in [0.1, 0.15) is 5.52 Å². The van der Waals surface area contributed by atoms with E-state index in [1.165, 1.54) is 18.5 Å². The lowest BCUT2D eigenvalue weighted by molar-refractivity contribution is 0.525. The highest BCUT2D eigenvalue weighted by Gasteiger charge is 2.20. The number of imidazole rings is 1. The van der Waals surface area contributed by atoms with E-state index in [9.17, 15) is 0 Å². The van der Waals surface area contributed by atoms with Gasteiger partial charge in [0.05, 0.1) is 5.69 Å². The maximum atomic E-state index is 5.62. The predicted molar refractivity (Wildman–Crippen MR) is 80.6 cm³/mol. The van der Waals surface area contributed by atoms with Gasteiger partial charge in [-0.15, -0.1) is 0 Å². The zero-order chi connectivity index (χ0) is 13.7. The summed E-state index contributed by atoms with van der Waals surface area (Å²) in [6.07, 6.45) is 3.54. The summed E-state index contributed by atoms with van der Waals surface area (Å²) >= 11 is 3.57. The smallest absolute Gasteiger partial charge is 0.192 e. The van der Waals surface area contributed by atoms with E-state index in [0.717, 1.165) is 40.1 Å². The molecule has 3 heterocycles. The molecule has 0 saturated heterocycles. The summed E-state index contributed by atoms with van der Waals surface area (Å²) in [5.41, 5.74) is 5.21. The second-order valence-electron chi connectivity index (χ2n) is 5.20. The van der Waals surface area contributed by atoms with Crippen LogP contribution in [0.2, 0.25) is 0 Å². The monoisotopic (exact) mass is 331 g/mol. The molecule has 0 atom stereocenters. The third-order valence-electron chi connectivity index (χ3n) is 3.84. The molecule has 4 nitrogen and oxygen atoms in total. The first kappa shape index (κ1) is 12.1. The number of nitrogens with zero attached hydrogens (tertiary/aromatic N) is 3. The number of oxazole rings is 1. The fourth-order valence-electron chi connectivity index (χ4n) is 2.92. The van der Waals surface area contributed by atoms with Crippen molar-refractivity contribution in [3.63, 3.8) is 0 Å². The molecular formula is C15H14BrN3O. The van der Waals surface area contributed by atoms with E-state index < -0.39 is 0 Å². The van der Waals surface area contributed by atoms with Gasteiger partial charge >= 0.3 is 0 Å². The Hall–Kier alpha value is -1.62. The normalized spacial score (nSPS) is 14.7. The Morgan fingerprint density at radius 3 is 3.05 bits per heavy atom. The molecule has 0 fully saturated rings. The van der Waals surface area contributed by atoms with E-state index in [2.05, 4.69) is 31.5 Å². The van der Waals surface area contributed by atoms with Crippen LogP contribution in [0.25, 0.3) is 22.4 Å². The molecule has 1 aliphatic heterocycles. The van der Waals surface area contributed by atoms with E-state index in [0.29, 0.717) is 5.89 Å². The van der Waals surface area contributed by atoms with Crippen molar-refractivity contribution in [3.8, 4) is 11.3 Å². The van der Waals surface area contributed by atoms with Crippen LogP contribution in [0.15, 0.2) is 27.3 Å². The highest BCUT2D eigenvalue weighted by Crippen LogP contribution is 2.32. The minimum Gasteiger partial charge on any atom is -0.441 e. The van der Waals surface area contributed by atoms with Crippen molar-refractivity contribution in [2.24, 2.45) is 0 Å². The highest BCUT2D eigenvalue weighted by molar-refractivity contribution is 9.10. The van der Waals surface area contributed by atoms with Gasteiger partial charge in [-0.2, -0.15) is 0 Å². The number of fused-ring (bicyclic) bond motifs is 2. The van der Waals surface area contributed by atoms with Gasteiger partial charge in [0.25, 0.3) is 0 Å². The molecule has 1 aromatic carbocycles. The maximum absolute atomic E-state index is 5.62. The quantitative estimate of drug-likeness (QED) is 0.674. The summed E-state index contributed by atoms with van der Waals surface area (Å²) in [7, 11) is 0. The summed E-state index contributed by atoms with van der Waals surface area (Å²) in [6.45, 7) is 2.92. The molecule has 2 aromatic heterocycles. The molecule has 0 radical (unpaired) electrons. The zero-order valence-electron chi connectivity index (χ0n) is 11.2. The SMILES string of the molecule is Cc1nc2ccc(-c3nc(Br)n4c3CCCC4)cc2o1. The Balaban J connectivity index is 1.90. The average Bonchev–Trinajstić information content (AvgIpc) is 2.98. The van der Waals surface area contributed by atoms with Gasteiger partial charge in [0.15, 0.2) is 16.2 Å². The first-order chi connectivity index (χ1) is 9.72. The Morgan fingerprint density at radius 1 is 1.25 bits per heavy atom. The van der Waals surface area contributed by atoms with Crippen LogP contribution >= 0.6 is 15.9 Å². The van der Waals surface area contributed by atoms with Gasteiger partial charge in [-0.25, -0.2) is 9.97 Å². The molecule has 0 aliphatic carbocycles. The second-order valence-corrected chi connectivity index (χ2v) is 5.91. The summed E-state index contributed by atoms with van der Waals surface area (Å²) in [4.78, 5) is 9.03. The minimum absolute atomic E-state index is 0.699. The number of benzene rings is 1. The van der Waals surface area contributed by atoms with E-state index in [1.807, 2.05) is 19.1 Å². The van der Waals surface area contributed by atoms with Crippen LogP contribution < -0.4 is 0 Å². The Morgan fingerprint density at radius 2 is 2.15 bits per heavy atom. The van der Waals surface area contributed by atoms with Crippen LogP contribution in [-0.4, -0.2) is 14.5 Å². The van der Waals surface area contributed by atoms with Gasteiger partial charge in [-0.3, -0.25) is 0 Å². The number of rotatable bonds is 1. The summed E-state index contributed by atoms with van der Waals surface area (Å²) in [5.74, 6) is 0.699. The predicted octanol–water partition coefficient (Wildman–Crippen LogP) is 4.10. The Bertz CT molecular complexity index is 803. The molecule has 0 saturated carbocycles. The lowest BCUT2D eigenvalue weighted by atomic mass is 10.0. The molecule has 0 N–H and O–H groups in total. The highest BCUT2D eigenvalue weighted by atomic mass is 79.9. The van der Waals surface area contributed by atoms with Crippen LogP contribution in [0.5, 0.6) is 0 Å². The molecule has 0 bridgehead atoms. The molecule has 1 aliphatic rings. The van der Waals surface area contributed by atoms with Crippen molar-refractivity contribution in [2.75, 3.05) is 0 Å². The van der Waals surface area contributed by atoms with E-state index in [1.54, 1.807) is 0 Å². The Labute approximate surface area is 125 Å². The molecule has 4 rings (SSSR count). The van der Waals surface area contributed by atoms with E-state index >= 15 is 0 Å². The van der Waals surface area contributed by atoms with E-state index in [4.69, 9.17) is 9.40 Å². The van der Waals surface area contributed by atoms with E-state index in [-0.39, 0.29) is 0 Å². The first-order valence-electron chi connectivity index (χ1n) is 6.85. The van der Waals surface area contributed by atoms with Crippen LogP contribution in [0.3, 0.4) is 0 Å². The van der Waals surface area contributed by atoms with Crippen molar-refractivity contribution in [1.82, 2.24) is 14.5 Å². The molecule has 5 heteroatoms. The minimum atomic E-state index is 0.699. The van der Waals surface area contributed by atoms with Crippen molar-refractivity contribution in [2.45, 2.75) is 32.7 Å². The van der Waals surface area contributed by atoms with Crippen LogP contribution in [0, 0.1) is 6.92 Å². The largest absolute Gasteiger partial charge is 0.441 e. The summed E-state index contributed by atoms with van der Waals surface area (Å²) in [6, 6.07) is 6.12. The third-order valence-corrected chi connectivity index (χ3v) is 4.45. The molecule has 3 aromatic rings. The Kier molecular flexibility index (Phi) is 2.70. The van der Waals surface area contributed by atoms with Crippen molar-refractivity contribution in [1.29, 1.82) is 0 Å². The summed E-state index contributed by atoms with van der Waals surface area (Å²) in [5, 5.41) is 0. The van der Waals surface area contributed by atoms with Crippen LogP contribution in [0.4, 0.5) is 0 Å². The molecule has 0 spiro atoms. The number of halogens is 1. The van der Waals surface area contributed by atoms with Crippen LogP contribution in [-0.2, 0) is 13.0 Å². The maximum Gasteiger partial charge on any atom is 0.192 e. The van der Waals surface area contributed by atoms with Gasteiger partial charge in [-0.1, -0.05) is 6.07 Å². The molecule has 0 amide bonds. The zero-order valence-corrected chi connectivity index (χ0v) is 12.8. The van der Waals surface area contributed by atoms with Crippen molar-refractivity contribution < 1.29 is 4.42 Å². The van der Waals surface area contributed by atoms with Gasteiger partial charge in [0, 0.05) is 24.7 Å². The number of aromatic nitrogens is 3. The topological polar surface area (TPSA) is 43.9 Å². The van der Waals surface area contributed by atoms with Crippen LogP contribution in [0.1, 0.15) is 24.4 Å². The fourth-order valence-corrected chi connectivity index (χ4v) is 3.49. The van der Waals surface area contributed by atoms with Gasteiger partial charge in [-0.05, 0) is 47.3 Å². The summed E-state index contributed by atoms with van der Waals surface area (Å²) < 4.78 is 8.82. The van der Waals surface area contributed by atoms with Gasteiger partial charge < -0.3 is 8.98 Å². The lowest BCUT2D eigenvalue weighted by Crippen LogP contribution is -2.10. The number of hydrogen-bond acceptors (Lipinski definition) is 3. The standard InChI is InChI=1S/C15H14BrN3O/c1-9-17-11-6-5-10(8-13(11)20-9)14-12-4-2-3-7-19(12)15(16)18-14/h5-6,8H,2-4,7H2,1H3. The molecule has 20 heavy (non-hydrogen) atoms.